The lowest BCUT2D eigenvalue weighted by molar-refractivity contribution is -0.115. The molecule has 0 N–H and O–H groups in total. The average molecular weight is 749 g/mol. The normalized spacial score (nSPS) is 16.0. The molecule has 0 aromatic carbocycles. The van der Waals surface area contributed by atoms with Gasteiger partial charge in [-0.2, -0.15) is 0 Å². The molecule has 0 aliphatic heterocycles. The Labute approximate surface area is 339 Å². The Kier molecular flexibility index (Phi) is 25.9. The van der Waals surface area contributed by atoms with Crippen LogP contribution < -0.4 is 0 Å². The number of allylic oxidation sites excluding steroid dienone is 22. The van der Waals surface area contributed by atoms with E-state index >= 15 is 0 Å². The van der Waals surface area contributed by atoms with E-state index in [0.29, 0.717) is 23.1 Å². The predicted molar refractivity (Wildman–Crippen MR) is 244 cm³/mol. The second kappa shape index (κ2) is 28.8. The first-order valence-electron chi connectivity index (χ1n) is 21.4. The molecule has 0 bridgehead atoms. The summed E-state index contributed by atoms with van der Waals surface area (Å²) < 4.78 is 0. The maximum atomic E-state index is 12.5. The van der Waals surface area contributed by atoms with Crippen LogP contribution in [0, 0.1) is 0 Å². The molecule has 1 rings (SSSR count). The Morgan fingerprint density at radius 2 is 0.636 bits per heavy atom. The van der Waals surface area contributed by atoms with Gasteiger partial charge < -0.3 is 0 Å². The number of carbonyl (C=O) groups is 2. The van der Waals surface area contributed by atoms with E-state index < -0.39 is 0 Å². The monoisotopic (exact) mass is 749 g/mol. The summed E-state index contributed by atoms with van der Waals surface area (Å²) >= 11 is 0. The summed E-state index contributed by atoms with van der Waals surface area (Å²) in [5.41, 5.74) is 14.9. The van der Waals surface area contributed by atoms with Crippen molar-refractivity contribution in [2.75, 3.05) is 0 Å². The van der Waals surface area contributed by atoms with E-state index in [0.717, 1.165) is 83.5 Å². The lowest BCUT2D eigenvalue weighted by Gasteiger charge is -2.13. The van der Waals surface area contributed by atoms with Crippen LogP contribution in [0.1, 0.15) is 192 Å². The van der Waals surface area contributed by atoms with Gasteiger partial charge in [-0.15, -0.1) is 0 Å². The van der Waals surface area contributed by atoms with Crippen molar-refractivity contribution in [3.63, 3.8) is 0 Å². The molecule has 0 saturated carbocycles. The van der Waals surface area contributed by atoms with Crippen molar-refractivity contribution in [1.82, 2.24) is 0 Å². The third kappa shape index (κ3) is 24.6. The van der Waals surface area contributed by atoms with Crippen LogP contribution in [-0.2, 0) is 9.59 Å². The summed E-state index contributed by atoms with van der Waals surface area (Å²) in [4.78, 5) is 24.6. The van der Waals surface area contributed by atoms with Crippen LogP contribution >= 0.6 is 0 Å². The van der Waals surface area contributed by atoms with Gasteiger partial charge in [0.15, 0.2) is 11.6 Å². The summed E-state index contributed by atoms with van der Waals surface area (Å²) in [6, 6.07) is 0. The highest BCUT2D eigenvalue weighted by Crippen LogP contribution is 2.23. The number of ketones is 2. The van der Waals surface area contributed by atoms with Crippen LogP contribution in [0.2, 0.25) is 0 Å². The summed E-state index contributed by atoms with van der Waals surface area (Å²) in [6.07, 6.45) is 41.5. The molecule has 55 heavy (non-hydrogen) atoms. The Balaban J connectivity index is 2.27. The molecule has 0 spiro atoms. The third-order valence-corrected chi connectivity index (χ3v) is 10.9. The van der Waals surface area contributed by atoms with Gasteiger partial charge in [0.05, 0.1) is 0 Å². The quantitative estimate of drug-likeness (QED) is 0.0652. The molecule has 304 valence electrons. The van der Waals surface area contributed by atoms with Gasteiger partial charge in [-0.05, 0) is 198 Å². The van der Waals surface area contributed by atoms with Crippen molar-refractivity contribution in [3.8, 4) is 0 Å². The fourth-order valence-corrected chi connectivity index (χ4v) is 6.59. The van der Waals surface area contributed by atoms with Crippen LogP contribution in [0.25, 0.3) is 0 Å². The molecule has 0 saturated heterocycles. The smallest absolute Gasteiger partial charge is 0.185 e. The minimum absolute atomic E-state index is 0.00932. The van der Waals surface area contributed by atoms with E-state index in [9.17, 15) is 9.59 Å². The number of hydrogen-bond acceptors (Lipinski definition) is 2. The van der Waals surface area contributed by atoms with Gasteiger partial charge in [0.25, 0.3) is 0 Å². The number of Topliss-reactive ketones (excluding diaryl/α,β-unsaturated/α-hetero) is 1. The average Bonchev–Trinajstić information content (AvgIpc) is 3.11. The van der Waals surface area contributed by atoms with Crippen molar-refractivity contribution in [1.29, 1.82) is 0 Å². The predicted octanol–water partition coefficient (Wildman–Crippen LogP) is 16.6. The first kappa shape index (κ1) is 49.5. The second-order valence-corrected chi connectivity index (χ2v) is 16.8. The molecule has 0 amide bonds. The van der Waals surface area contributed by atoms with E-state index in [1.54, 1.807) is 13.8 Å². The summed E-state index contributed by atoms with van der Waals surface area (Å²) in [6.45, 7) is 25.9. The van der Waals surface area contributed by atoms with Gasteiger partial charge in [0.2, 0.25) is 0 Å². The minimum atomic E-state index is -0.0352. The zero-order chi connectivity index (χ0) is 41.2. The molecule has 2 heteroatoms. The molecule has 1 aliphatic rings. The van der Waals surface area contributed by atoms with Crippen molar-refractivity contribution in [3.05, 3.63) is 128 Å². The minimum Gasteiger partial charge on any atom is -0.290 e. The van der Waals surface area contributed by atoms with E-state index in [1.165, 1.54) is 75.5 Å². The molecule has 0 unspecified atom stereocenters. The molecule has 0 fully saturated rings. The van der Waals surface area contributed by atoms with Gasteiger partial charge in [0, 0.05) is 16.7 Å². The Bertz CT molecular complexity index is 1590. The largest absolute Gasteiger partial charge is 0.290 e. The number of hydrogen-bond donors (Lipinski definition) is 0. The third-order valence-electron chi connectivity index (χ3n) is 10.9. The first-order valence-corrected chi connectivity index (χ1v) is 21.4. The maximum absolute atomic E-state index is 12.5. The molecule has 0 atom stereocenters. The number of carbonyl (C=O) groups excluding carboxylic acids is 2. The van der Waals surface area contributed by atoms with E-state index in [1.807, 2.05) is 0 Å². The van der Waals surface area contributed by atoms with Crippen molar-refractivity contribution in [2.45, 2.75) is 192 Å². The Morgan fingerprint density at radius 1 is 0.382 bits per heavy atom. The highest BCUT2D eigenvalue weighted by molar-refractivity contribution is 6.22. The highest BCUT2D eigenvalue weighted by Gasteiger charge is 2.22. The summed E-state index contributed by atoms with van der Waals surface area (Å²) in [5, 5.41) is 0. The zero-order valence-corrected chi connectivity index (χ0v) is 37.6. The van der Waals surface area contributed by atoms with Crippen molar-refractivity contribution in [2.24, 2.45) is 0 Å². The summed E-state index contributed by atoms with van der Waals surface area (Å²) in [7, 11) is 0. The Hall–Kier alpha value is -3.52. The molecule has 0 radical (unpaired) electrons. The standard InChI is InChI=1S/C53H80O2/c1-40(2)21-13-22-41(3)23-14-24-42(4)25-15-26-43(5)27-16-28-44(6)29-17-30-45(7)31-18-32-46(8)33-19-34-47(9)35-20-36-48(10)37-38-51-39-52(54)49(11)50(12)53(51)55/h21,23,25,27,29,31,33,35,37,39H,13-20,22,24,26,28,30,32,34,36,38H2,1-12H3/b41-23-,42-25+,43-27-,44-29+,45-31-,46-33+,47-35+,48-37-. The molecule has 0 aromatic heterocycles. The second-order valence-electron chi connectivity index (χ2n) is 16.8. The van der Waals surface area contributed by atoms with Crippen LogP contribution in [0.5, 0.6) is 0 Å². The van der Waals surface area contributed by atoms with Gasteiger partial charge in [0.1, 0.15) is 0 Å². The van der Waals surface area contributed by atoms with Gasteiger partial charge in [-0.1, -0.05) is 105 Å². The van der Waals surface area contributed by atoms with E-state index in [4.69, 9.17) is 0 Å². The highest BCUT2D eigenvalue weighted by atomic mass is 16.1. The number of rotatable bonds is 26. The summed E-state index contributed by atoms with van der Waals surface area (Å²) in [5.74, 6) is -0.0259. The van der Waals surface area contributed by atoms with Gasteiger partial charge in [-0.25, -0.2) is 0 Å². The lowest BCUT2D eigenvalue weighted by Crippen LogP contribution is -2.16. The lowest BCUT2D eigenvalue weighted by atomic mass is 9.89. The zero-order valence-electron chi connectivity index (χ0n) is 37.6. The SMILES string of the molecule is CC(C)=CCC/C(C)=C\CC/C(C)=C/CC/C(C)=C\CC/C(C)=C/CC/C(C)=C\CC/C(C)=C/CC/C(C)=C/CC/C(C)=C\CC1=CC(=O)C(C)=C(C)C1=O. The topological polar surface area (TPSA) is 34.1 Å². The molecule has 2 nitrogen and oxygen atoms in total. The molecular weight excluding hydrogens is 669 g/mol. The van der Waals surface area contributed by atoms with Crippen molar-refractivity contribution >= 4 is 11.6 Å². The van der Waals surface area contributed by atoms with E-state index in [2.05, 4.69) is 124 Å². The van der Waals surface area contributed by atoms with Crippen LogP contribution in [0.3, 0.4) is 0 Å². The Morgan fingerprint density at radius 3 is 0.909 bits per heavy atom. The first-order chi connectivity index (χ1) is 26.1. The molecule has 1 aliphatic carbocycles. The fraction of sp³-hybridized carbons (Fsp3) is 0.547. The van der Waals surface area contributed by atoms with Crippen LogP contribution in [0.15, 0.2) is 128 Å². The van der Waals surface area contributed by atoms with E-state index in [-0.39, 0.29) is 11.6 Å². The van der Waals surface area contributed by atoms with Crippen LogP contribution in [0.4, 0.5) is 0 Å². The van der Waals surface area contributed by atoms with Gasteiger partial charge in [-0.3, -0.25) is 9.59 Å². The van der Waals surface area contributed by atoms with Crippen LogP contribution in [-0.4, -0.2) is 11.6 Å². The van der Waals surface area contributed by atoms with Gasteiger partial charge >= 0.3 is 0 Å². The molecule has 0 aromatic rings. The fourth-order valence-electron chi connectivity index (χ4n) is 6.59. The molecule has 0 heterocycles. The maximum Gasteiger partial charge on any atom is 0.185 e. The van der Waals surface area contributed by atoms with Crippen molar-refractivity contribution < 1.29 is 9.59 Å². The molecular formula is C53H80O2.